The van der Waals surface area contributed by atoms with Crippen LogP contribution in [0.4, 0.5) is 13.9 Å². The number of aryl methyl sites for hydroxylation is 1. The van der Waals surface area contributed by atoms with Crippen molar-refractivity contribution < 1.29 is 18.0 Å². The van der Waals surface area contributed by atoms with Crippen molar-refractivity contribution in [3.05, 3.63) is 76.2 Å². The smallest absolute Gasteiger partial charge is 0.250 e. The largest absolute Gasteiger partial charge is 0.462 e. The van der Waals surface area contributed by atoms with Gasteiger partial charge in [-0.05, 0) is 36.8 Å². The second kappa shape index (κ2) is 7.40. The molecule has 3 rings (SSSR count). The molecule has 1 N–H and O–H groups in total. The number of carbonyl (C=O) groups excluding carboxylic acids is 1. The van der Waals surface area contributed by atoms with Gasteiger partial charge in [0.1, 0.15) is 23.2 Å². The van der Waals surface area contributed by atoms with Gasteiger partial charge in [-0.25, -0.2) is 13.8 Å². The lowest BCUT2D eigenvalue weighted by atomic mass is 10.1. The molecule has 0 saturated heterocycles. The van der Waals surface area contributed by atoms with Crippen molar-refractivity contribution in [3.63, 3.8) is 0 Å². The molecule has 128 valence electrons. The number of hydrogen-bond acceptors (Lipinski definition) is 4. The van der Waals surface area contributed by atoms with E-state index in [1.807, 2.05) is 6.92 Å². The van der Waals surface area contributed by atoms with E-state index in [0.29, 0.717) is 16.5 Å². The highest BCUT2D eigenvalue weighted by molar-refractivity contribution is 7.15. The third-order valence-corrected chi connectivity index (χ3v) is 4.24. The Morgan fingerprint density at radius 3 is 2.88 bits per heavy atom. The molecule has 0 atom stereocenters. The van der Waals surface area contributed by atoms with E-state index >= 15 is 0 Å². The first-order chi connectivity index (χ1) is 12.0. The van der Waals surface area contributed by atoms with E-state index in [1.54, 1.807) is 24.4 Å². The summed E-state index contributed by atoms with van der Waals surface area (Å²) in [7, 11) is 0. The van der Waals surface area contributed by atoms with E-state index in [4.69, 9.17) is 4.42 Å². The van der Waals surface area contributed by atoms with Crippen LogP contribution in [-0.2, 0) is 11.2 Å². The van der Waals surface area contributed by atoms with Crippen LogP contribution in [0.2, 0.25) is 0 Å². The molecule has 0 spiro atoms. The minimum atomic E-state index is -0.614. The van der Waals surface area contributed by atoms with E-state index in [2.05, 4.69) is 10.3 Å². The Morgan fingerprint density at radius 2 is 2.16 bits per heavy atom. The van der Waals surface area contributed by atoms with E-state index in [1.165, 1.54) is 29.5 Å². The molecule has 0 radical (unpaired) electrons. The van der Waals surface area contributed by atoms with Crippen LogP contribution in [0, 0.1) is 18.6 Å². The Kier molecular flexibility index (Phi) is 5.04. The summed E-state index contributed by atoms with van der Waals surface area (Å²) in [4.78, 5) is 16.7. The fourth-order valence-electron chi connectivity index (χ4n) is 2.15. The number of nitrogens with zero attached hydrogens (tertiary/aromatic N) is 1. The summed E-state index contributed by atoms with van der Waals surface area (Å²) in [5, 5.41) is 3.04. The van der Waals surface area contributed by atoms with Crippen molar-refractivity contribution in [2.45, 2.75) is 13.3 Å². The lowest BCUT2D eigenvalue weighted by molar-refractivity contribution is -0.111. The molecule has 0 bridgehead atoms. The van der Waals surface area contributed by atoms with Gasteiger partial charge in [0.2, 0.25) is 5.91 Å². The molecule has 0 aliphatic heterocycles. The summed E-state index contributed by atoms with van der Waals surface area (Å²) < 4.78 is 31.9. The fourth-order valence-corrected chi connectivity index (χ4v) is 2.99. The number of hydrogen-bond donors (Lipinski definition) is 1. The highest BCUT2D eigenvalue weighted by Gasteiger charge is 2.09. The third-order valence-electron chi connectivity index (χ3n) is 3.32. The summed E-state index contributed by atoms with van der Waals surface area (Å²) >= 11 is 1.23. The van der Waals surface area contributed by atoms with Gasteiger partial charge < -0.3 is 4.42 Å². The zero-order valence-corrected chi connectivity index (χ0v) is 14.1. The van der Waals surface area contributed by atoms with Gasteiger partial charge in [-0.3, -0.25) is 10.1 Å². The van der Waals surface area contributed by atoms with Crippen LogP contribution in [0.1, 0.15) is 22.0 Å². The van der Waals surface area contributed by atoms with E-state index < -0.39 is 11.6 Å². The van der Waals surface area contributed by atoms with Crippen molar-refractivity contribution in [1.29, 1.82) is 0 Å². The molecule has 3 aromatic rings. The maximum Gasteiger partial charge on any atom is 0.250 e. The number of benzene rings is 1. The lowest BCUT2D eigenvalue weighted by Gasteiger charge is -2.00. The van der Waals surface area contributed by atoms with Gasteiger partial charge in [-0.2, -0.15) is 0 Å². The van der Waals surface area contributed by atoms with Crippen LogP contribution in [-0.4, -0.2) is 10.9 Å². The third kappa shape index (κ3) is 4.60. The van der Waals surface area contributed by atoms with Gasteiger partial charge in [-0.1, -0.05) is 6.07 Å². The molecule has 0 saturated carbocycles. The molecule has 0 aliphatic rings. The first-order valence-electron chi connectivity index (χ1n) is 7.44. The number of aromatic nitrogens is 1. The highest BCUT2D eigenvalue weighted by Crippen LogP contribution is 2.22. The summed E-state index contributed by atoms with van der Waals surface area (Å²) in [5.74, 6) is -0.215. The molecule has 7 heteroatoms. The SMILES string of the molecule is Cc1ccc(/C=C/C(=O)Nc2ncc(Cc3ccc(F)cc3F)s2)o1. The molecule has 0 aliphatic carbocycles. The number of thiazole rings is 1. The molecule has 25 heavy (non-hydrogen) atoms. The van der Waals surface area contributed by atoms with Gasteiger partial charge >= 0.3 is 0 Å². The number of furan rings is 1. The van der Waals surface area contributed by atoms with Crippen molar-refractivity contribution in [3.8, 4) is 0 Å². The van der Waals surface area contributed by atoms with Crippen LogP contribution in [0.5, 0.6) is 0 Å². The summed E-state index contributed by atoms with van der Waals surface area (Å²) in [6, 6.07) is 7.03. The average molecular weight is 360 g/mol. The predicted octanol–water partition coefficient (Wildman–Crippen LogP) is 4.57. The van der Waals surface area contributed by atoms with Crippen molar-refractivity contribution >= 4 is 28.5 Å². The van der Waals surface area contributed by atoms with Gasteiger partial charge in [0.05, 0.1) is 0 Å². The van der Waals surface area contributed by atoms with Gasteiger partial charge in [0, 0.05) is 29.6 Å². The maximum atomic E-state index is 13.7. The van der Waals surface area contributed by atoms with E-state index in [-0.39, 0.29) is 12.3 Å². The van der Waals surface area contributed by atoms with Crippen LogP contribution < -0.4 is 5.32 Å². The molecule has 2 heterocycles. The monoisotopic (exact) mass is 360 g/mol. The molecular weight excluding hydrogens is 346 g/mol. The molecule has 2 aromatic heterocycles. The predicted molar refractivity (Wildman–Crippen MR) is 92.4 cm³/mol. The van der Waals surface area contributed by atoms with Gasteiger partial charge in [0.15, 0.2) is 5.13 Å². The topological polar surface area (TPSA) is 55.1 Å². The Morgan fingerprint density at radius 1 is 1.32 bits per heavy atom. The van der Waals surface area contributed by atoms with Gasteiger partial charge in [0.25, 0.3) is 0 Å². The van der Waals surface area contributed by atoms with Gasteiger partial charge in [-0.15, -0.1) is 11.3 Å². The van der Waals surface area contributed by atoms with E-state index in [9.17, 15) is 13.6 Å². The number of nitrogens with one attached hydrogen (secondary N) is 1. The van der Waals surface area contributed by atoms with Crippen molar-refractivity contribution in [2.24, 2.45) is 0 Å². The van der Waals surface area contributed by atoms with Crippen LogP contribution in [0.25, 0.3) is 6.08 Å². The Bertz CT molecular complexity index is 931. The Hall–Kier alpha value is -2.80. The number of rotatable bonds is 5. The number of halogens is 2. The number of amides is 1. The summed E-state index contributed by atoms with van der Waals surface area (Å²) in [5.41, 5.74) is 0.371. The average Bonchev–Trinajstić information content (AvgIpc) is 3.17. The zero-order chi connectivity index (χ0) is 17.8. The first kappa shape index (κ1) is 17.0. The quantitative estimate of drug-likeness (QED) is 0.679. The van der Waals surface area contributed by atoms with Crippen molar-refractivity contribution in [1.82, 2.24) is 4.98 Å². The fraction of sp³-hybridized carbons (Fsp3) is 0.111. The Labute approximate surface area is 146 Å². The van der Waals surface area contributed by atoms with Crippen molar-refractivity contribution in [2.75, 3.05) is 5.32 Å². The van der Waals surface area contributed by atoms with E-state index in [0.717, 1.165) is 16.7 Å². The number of anilines is 1. The second-order valence-corrected chi connectivity index (χ2v) is 6.43. The summed E-state index contributed by atoms with van der Waals surface area (Å²) in [6.45, 7) is 1.82. The normalized spacial score (nSPS) is 11.2. The first-order valence-corrected chi connectivity index (χ1v) is 8.25. The standard InChI is InChI=1S/C18H14F2N2O2S/c1-11-2-5-14(24-11)6-7-17(23)22-18-21-10-15(25-18)8-12-3-4-13(19)9-16(12)20/h2-7,9-10H,8H2,1H3,(H,21,22,23)/b7-6+. The zero-order valence-electron chi connectivity index (χ0n) is 13.3. The number of carbonyl (C=O) groups is 1. The van der Waals surface area contributed by atoms with Crippen LogP contribution in [0.3, 0.4) is 0 Å². The maximum absolute atomic E-state index is 13.7. The molecule has 0 fully saturated rings. The minimum absolute atomic E-state index is 0.279. The van der Waals surface area contributed by atoms with Crippen LogP contribution >= 0.6 is 11.3 Å². The highest BCUT2D eigenvalue weighted by atomic mass is 32.1. The second-order valence-electron chi connectivity index (χ2n) is 5.32. The molecule has 4 nitrogen and oxygen atoms in total. The molecule has 0 unspecified atom stereocenters. The van der Waals surface area contributed by atoms with Crippen LogP contribution in [0.15, 0.2) is 47.0 Å². The molecular formula is C18H14F2N2O2S. The Balaban J connectivity index is 1.61. The minimum Gasteiger partial charge on any atom is -0.462 e. The molecule has 1 amide bonds. The summed E-state index contributed by atoms with van der Waals surface area (Å²) in [6.07, 6.45) is 4.74. The lowest BCUT2D eigenvalue weighted by Crippen LogP contribution is -2.06. The molecule has 1 aromatic carbocycles.